The van der Waals surface area contributed by atoms with E-state index in [9.17, 15) is 9.90 Å². The molecule has 4 heterocycles. The molecule has 1 amide bonds. The van der Waals surface area contributed by atoms with Gasteiger partial charge in [-0.1, -0.05) is 24.3 Å². The lowest BCUT2D eigenvalue weighted by Crippen LogP contribution is -2.49. The molecule has 0 aliphatic carbocycles. The van der Waals surface area contributed by atoms with Crippen molar-refractivity contribution in [3.63, 3.8) is 0 Å². The van der Waals surface area contributed by atoms with E-state index in [-0.39, 0.29) is 6.79 Å². The number of fused-ring (bicyclic) bond motifs is 2. The quantitative estimate of drug-likeness (QED) is 0.411. The number of amides is 1. The summed E-state index contributed by atoms with van der Waals surface area (Å²) in [6, 6.07) is 13.2. The van der Waals surface area contributed by atoms with Crippen molar-refractivity contribution in [3.8, 4) is 11.8 Å². The molecule has 3 aliphatic heterocycles. The Bertz CT molecular complexity index is 1400. The van der Waals surface area contributed by atoms with Crippen LogP contribution in [0.15, 0.2) is 36.4 Å². The largest absolute Gasteiger partial charge is 0.467 e. The second-order valence-electron chi connectivity index (χ2n) is 11.0. The van der Waals surface area contributed by atoms with Crippen LogP contribution in [0, 0.1) is 0 Å². The Balaban J connectivity index is 1.32. The second kappa shape index (κ2) is 12.0. The molecule has 0 radical (unpaired) electrons. The van der Waals surface area contributed by atoms with Gasteiger partial charge in [0.05, 0.1) is 12.2 Å². The second-order valence-corrected chi connectivity index (χ2v) is 11.0. The number of benzene rings is 2. The summed E-state index contributed by atoms with van der Waals surface area (Å²) in [5, 5.41) is 11.7. The van der Waals surface area contributed by atoms with Gasteiger partial charge in [0.25, 0.3) is 0 Å². The lowest BCUT2D eigenvalue weighted by molar-refractivity contribution is 0.0512. The van der Waals surface area contributed by atoms with Gasteiger partial charge in [0.1, 0.15) is 18.2 Å². The third-order valence-electron chi connectivity index (χ3n) is 8.45. The monoisotopic (exact) mass is 562 g/mol. The molecule has 2 saturated heterocycles. The molecule has 2 aromatic carbocycles. The number of carbonyl (C=O) groups is 1. The molecule has 3 aliphatic rings. The van der Waals surface area contributed by atoms with Crippen LogP contribution >= 0.6 is 0 Å². The number of aromatic nitrogens is 2. The number of anilines is 2. The number of rotatable bonds is 8. The third-order valence-corrected chi connectivity index (χ3v) is 8.45. The van der Waals surface area contributed by atoms with E-state index in [4.69, 9.17) is 24.2 Å². The molecule has 0 bridgehead atoms. The first-order valence-electron chi connectivity index (χ1n) is 14.4. The van der Waals surface area contributed by atoms with Crippen molar-refractivity contribution in [2.24, 2.45) is 0 Å². The molecule has 0 unspecified atom stereocenters. The fourth-order valence-electron chi connectivity index (χ4n) is 6.13. The fourth-order valence-corrected chi connectivity index (χ4v) is 6.13. The Morgan fingerprint density at radius 2 is 1.85 bits per heavy atom. The number of nitrogens with zero attached hydrogens (tertiary/aromatic N) is 6. The van der Waals surface area contributed by atoms with Gasteiger partial charge in [0.2, 0.25) is 0 Å². The zero-order valence-electron chi connectivity index (χ0n) is 23.8. The van der Waals surface area contributed by atoms with Crippen LogP contribution in [0.25, 0.3) is 10.8 Å². The van der Waals surface area contributed by atoms with Crippen molar-refractivity contribution in [3.05, 3.63) is 47.7 Å². The van der Waals surface area contributed by atoms with Gasteiger partial charge in [-0.2, -0.15) is 9.97 Å². The van der Waals surface area contributed by atoms with Crippen LogP contribution in [-0.4, -0.2) is 104 Å². The van der Waals surface area contributed by atoms with E-state index in [1.807, 2.05) is 12.1 Å². The fraction of sp³-hybridized carbons (Fsp3) is 0.500. The smallest absolute Gasteiger partial charge is 0.407 e. The van der Waals surface area contributed by atoms with E-state index in [0.717, 1.165) is 65.2 Å². The summed E-state index contributed by atoms with van der Waals surface area (Å²) in [6.07, 6.45) is 2.17. The zero-order valence-corrected chi connectivity index (χ0v) is 23.8. The molecule has 1 aromatic heterocycles. The van der Waals surface area contributed by atoms with Crippen molar-refractivity contribution >= 4 is 28.4 Å². The minimum Gasteiger partial charge on any atom is -0.467 e. The van der Waals surface area contributed by atoms with Crippen molar-refractivity contribution in [2.45, 2.75) is 31.8 Å². The number of hydrogen-bond acceptors (Lipinski definition) is 9. The first kappa shape index (κ1) is 27.3. The molecule has 1 N–H and O–H groups in total. The Morgan fingerprint density at radius 3 is 2.61 bits per heavy atom. The summed E-state index contributed by atoms with van der Waals surface area (Å²) < 4.78 is 17.2. The maximum atomic E-state index is 11.5. The van der Waals surface area contributed by atoms with Crippen molar-refractivity contribution < 1.29 is 24.1 Å². The van der Waals surface area contributed by atoms with Gasteiger partial charge in [-0.3, -0.25) is 0 Å². The van der Waals surface area contributed by atoms with Gasteiger partial charge in [-0.15, -0.1) is 0 Å². The van der Waals surface area contributed by atoms with Gasteiger partial charge >= 0.3 is 12.1 Å². The highest BCUT2D eigenvalue weighted by atomic mass is 16.7. The average molecular weight is 563 g/mol. The highest BCUT2D eigenvalue weighted by Crippen LogP contribution is 2.37. The molecule has 0 saturated carbocycles. The highest BCUT2D eigenvalue weighted by Gasteiger charge is 2.30. The Morgan fingerprint density at radius 1 is 1.02 bits per heavy atom. The molecular weight excluding hydrogens is 524 g/mol. The number of piperazine rings is 1. The predicted octanol–water partition coefficient (Wildman–Crippen LogP) is 3.45. The molecule has 0 spiro atoms. The van der Waals surface area contributed by atoms with Gasteiger partial charge in [0.15, 0.2) is 6.79 Å². The summed E-state index contributed by atoms with van der Waals surface area (Å²) in [5.41, 5.74) is 3.15. The first-order valence-corrected chi connectivity index (χ1v) is 14.4. The summed E-state index contributed by atoms with van der Waals surface area (Å²) >= 11 is 0. The third kappa shape index (κ3) is 5.82. The first-order chi connectivity index (χ1) is 20.0. The molecular formula is C30H38N6O5. The van der Waals surface area contributed by atoms with Gasteiger partial charge in [0, 0.05) is 68.6 Å². The molecule has 2 fully saturated rings. The Labute approximate surface area is 240 Å². The maximum absolute atomic E-state index is 11.5. The lowest BCUT2D eigenvalue weighted by atomic mass is 10.0. The van der Waals surface area contributed by atoms with Crippen LogP contribution in [-0.2, 0) is 17.7 Å². The molecule has 41 heavy (non-hydrogen) atoms. The standard InChI is InChI=1S/C30H38N6O5/c1-33-10-5-7-22(33)19-40-29-31-26-18-36(27-17-23(41-20-39-2)16-21-6-3-4-8-24(21)27)11-9-25(26)28(32-29)34-12-14-35(15-13-34)30(37)38/h3-4,6,8,16-17,22H,5,7,9-15,18-20H2,1-2H3,(H,37,38)/t22-/m0/s1. The van der Waals surface area contributed by atoms with Crippen LogP contribution in [0.4, 0.5) is 16.3 Å². The van der Waals surface area contributed by atoms with E-state index in [2.05, 4.69) is 46.0 Å². The molecule has 6 rings (SSSR count). The van der Waals surface area contributed by atoms with E-state index < -0.39 is 6.09 Å². The summed E-state index contributed by atoms with van der Waals surface area (Å²) in [5.74, 6) is 1.63. The molecule has 1 atom stereocenters. The van der Waals surface area contributed by atoms with Crippen LogP contribution < -0.4 is 19.3 Å². The minimum absolute atomic E-state index is 0.184. The van der Waals surface area contributed by atoms with Gasteiger partial charge in [-0.25, -0.2) is 4.79 Å². The zero-order chi connectivity index (χ0) is 28.3. The van der Waals surface area contributed by atoms with E-state index in [1.54, 1.807) is 7.11 Å². The number of likely N-dealkylation sites (tertiary alicyclic amines) is 1. The highest BCUT2D eigenvalue weighted by molar-refractivity contribution is 5.95. The number of methoxy groups -OCH3 is 1. The predicted molar refractivity (Wildman–Crippen MR) is 156 cm³/mol. The Hall–Kier alpha value is -3.83. The average Bonchev–Trinajstić information content (AvgIpc) is 3.42. The number of carboxylic acid groups (broad SMARTS) is 1. The molecule has 3 aromatic rings. The van der Waals surface area contributed by atoms with Crippen LogP contribution in [0.1, 0.15) is 24.1 Å². The van der Waals surface area contributed by atoms with Crippen molar-refractivity contribution in [2.75, 3.05) is 76.6 Å². The summed E-state index contributed by atoms with van der Waals surface area (Å²) in [4.78, 5) is 29.7. The van der Waals surface area contributed by atoms with E-state index >= 15 is 0 Å². The molecule has 11 nitrogen and oxygen atoms in total. The number of hydrogen-bond donors (Lipinski definition) is 1. The van der Waals surface area contributed by atoms with Crippen molar-refractivity contribution in [1.29, 1.82) is 0 Å². The number of likely N-dealkylation sites (N-methyl/N-ethyl adjacent to an activating group) is 1. The summed E-state index contributed by atoms with van der Waals surface area (Å²) in [6.45, 7) is 5.29. The SMILES string of the molecule is COCOc1cc(N2CCc3c(nc(OC[C@@H]4CCCN4C)nc3N3CCN(C(=O)O)CC3)C2)c2ccccc2c1. The van der Waals surface area contributed by atoms with Crippen LogP contribution in [0.3, 0.4) is 0 Å². The summed E-state index contributed by atoms with van der Waals surface area (Å²) in [7, 11) is 3.75. The Kier molecular flexibility index (Phi) is 7.97. The van der Waals surface area contributed by atoms with Crippen LogP contribution in [0.5, 0.6) is 11.8 Å². The number of ether oxygens (including phenoxy) is 3. The maximum Gasteiger partial charge on any atom is 0.407 e. The molecule has 218 valence electrons. The van der Waals surface area contributed by atoms with E-state index in [1.165, 1.54) is 11.3 Å². The normalized spacial score (nSPS) is 19.5. The lowest BCUT2D eigenvalue weighted by Gasteiger charge is -2.37. The van der Waals surface area contributed by atoms with Crippen molar-refractivity contribution in [1.82, 2.24) is 19.8 Å². The minimum atomic E-state index is -0.876. The molecule has 11 heteroatoms. The van der Waals surface area contributed by atoms with E-state index in [0.29, 0.717) is 51.4 Å². The van der Waals surface area contributed by atoms with Gasteiger partial charge < -0.3 is 38.9 Å². The van der Waals surface area contributed by atoms with Gasteiger partial charge in [-0.05, 0) is 44.3 Å². The topological polar surface area (TPSA) is 104 Å². The van der Waals surface area contributed by atoms with Crippen LogP contribution in [0.2, 0.25) is 0 Å².